The van der Waals surface area contributed by atoms with Crippen molar-refractivity contribution in [2.24, 2.45) is 7.05 Å². The minimum atomic E-state index is -5.13. The molecule has 3 aromatic rings. The van der Waals surface area contributed by atoms with Crippen LogP contribution in [0, 0.1) is 11.6 Å². The van der Waals surface area contributed by atoms with Crippen molar-refractivity contribution >= 4 is 16.7 Å². The number of pyridine rings is 1. The molecule has 0 spiro atoms. The highest BCUT2D eigenvalue weighted by Crippen LogP contribution is 2.41. The highest BCUT2D eigenvalue weighted by atomic mass is 19.4. The van der Waals surface area contributed by atoms with E-state index in [0.29, 0.717) is 30.6 Å². The fourth-order valence-electron chi connectivity index (χ4n) is 3.81. The molecule has 32 heavy (non-hydrogen) atoms. The van der Waals surface area contributed by atoms with Crippen molar-refractivity contribution in [2.45, 2.75) is 18.3 Å². The van der Waals surface area contributed by atoms with Crippen LogP contribution in [-0.2, 0) is 22.7 Å². The third kappa shape index (κ3) is 3.52. The van der Waals surface area contributed by atoms with E-state index in [2.05, 4.69) is 10.1 Å². The zero-order valence-corrected chi connectivity index (χ0v) is 17.2. The van der Waals surface area contributed by atoms with Crippen LogP contribution in [0.5, 0.6) is 5.75 Å². The van der Waals surface area contributed by atoms with Crippen molar-refractivity contribution in [3.05, 3.63) is 35.5 Å². The summed E-state index contributed by atoms with van der Waals surface area (Å²) < 4.78 is 80.2. The molecule has 3 heterocycles. The number of aryl methyl sites for hydroxylation is 1. The molecule has 1 fully saturated rings. The molecule has 12 heteroatoms. The highest BCUT2D eigenvalue weighted by Gasteiger charge is 2.38. The Labute approximate surface area is 179 Å². The van der Waals surface area contributed by atoms with Crippen LogP contribution in [0.4, 0.5) is 27.8 Å². The zero-order chi connectivity index (χ0) is 23.4. The van der Waals surface area contributed by atoms with Gasteiger partial charge < -0.3 is 19.5 Å². The number of aromatic nitrogens is 3. The van der Waals surface area contributed by atoms with Crippen molar-refractivity contribution in [1.29, 1.82) is 0 Å². The fourth-order valence-corrected chi connectivity index (χ4v) is 3.81. The maximum Gasteiger partial charge on any atom is 0.419 e. The van der Waals surface area contributed by atoms with E-state index in [0.717, 1.165) is 0 Å². The quantitative estimate of drug-likeness (QED) is 0.604. The van der Waals surface area contributed by atoms with E-state index in [4.69, 9.17) is 9.47 Å². The highest BCUT2D eigenvalue weighted by molar-refractivity contribution is 5.94. The summed E-state index contributed by atoms with van der Waals surface area (Å²) in [5.41, 5.74) is -2.24. The van der Waals surface area contributed by atoms with Crippen molar-refractivity contribution in [3.8, 4) is 17.0 Å². The number of rotatable bonds is 4. The van der Waals surface area contributed by atoms with Gasteiger partial charge in [0.15, 0.2) is 17.4 Å². The molecule has 7 nitrogen and oxygen atoms in total. The zero-order valence-electron chi connectivity index (χ0n) is 17.2. The number of aromatic hydroxyl groups is 1. The number of halogens is 5. The van der Waals surface area contributed by atoms with Crippen molar-refractivity contribution in [1.82, 2.24) is 14.8 Å². The van der Waals surface area contributed by atoms with Crippen LogP contribution in [0.3, 0.4) is 0 Å². The van der Waals surface area contributed by atoms with E-state index in [1.54, 1.807) is 20.2 Å². The van der Waals surface area contributed by atoms with E-state index in [1.165, 1.54) is 17.9 Å². The first-order valence-corrected chi connectivity index (χ1v) is 9.49. The molecule has 0 aliphatic carbocycles. The van der Waals surface area contributed by atoms with Gasteiger partial charge in [-0.25, -0.2) is 13.8 Å². The molecule has 2 atom stereocenters. The molecule has 1 aliphatic heterocycles. The van der Waals surface area contributed by atoms with Gasteiger partial charge in [0.05, 0.1) is 30.3 Å². The molecule has 0 saturated carbocycles. The second-order valence-corrected chi connectivity index (χ2v) is 7.47. The standard InChI is InChI=1S/C20H19F5N4O3/c1-28(13-7-32-8-14(13)31-3)15-5-12-10(6-26-15)18(27-29(12)2)9-4-11(20(23,24)25)17(22)19(30)16(9)21/h4-6,13-14,30H,7-8H2,1-3H3/t13?,14-/m1/s1. The van der Waals surface area contributed by atoms with Gasteiger partial charge in [-0.05, 0) is 6.07 Å². The Bertz CT molecular complexity index is 1180. The average Bonchev–Trinajstić information content (AvgIpc) is 3.35. The number of hydrogen-bond donors (Lipinski definition) is 1. The molecule has 1 aromatic carbocycles. The number of anilines is 1. The van der Waals surface area contributed by atoms with Gasteiger partial charge in [0, 0.05) is 44.4 Å². The lowest BCUT2D eigenvalue weighted by Crippen LogP contribution is -2.41. The summed E-state index contributed by atoms with van der Waals surface area (Å²) in [5.74, 6) is -4.82. The van der Waals surface area contributed by atoms with Crippen LogP contribution >= 0.6 is 0 Å². The maximum absolute atomic E-state index is 14.6. The lowest BCUT2D eigenvalue weighted by molar-refractivity contribution is -0.140. The summed E-state index contributed by atoms with van der Waals surface area (Å²) in [6.45, 7) is 0.851. The van der Waals surface area contributed by atoms with Crippen LogP contribution in [0.2, 0.25) is 0 Å². The van der Waals surface area contributed by atoms with E-state index in [9.17, 15) is 27.1 Å². The summed E-state index contributed by atoms with van der Waals surface area (Å²) in [5, 5.41) is 14.0. The van der Waals surface area contributed by atoms with E-state index in [-0.39, 0.29) is 23.2 Å². The Morgan fingerprint density at radius 1 is 1.22 bits per heavy atom. The third-order valence-electron chi connectivity index (χ3n) is 5.62. The number of nitrogens with zero attached hydrogens (tertiary/aromatic N) is 4. The average molecular weight is 458 g/mol. The molecule has 1 unspecified atom stereocenters. The van der Waals surface area contributed by atoms with Gasteiger partial charge in [0.1, 0.15) is 17.6 Å². The van der Waals surface area contributed by atoms with Crippen LogP contribution in [-0.4, -0.2) is 59.4 Å². The number of phenolic OH excluding ortho intramolecular Hbond substituents is 1. The van der Waals surface area contributed by atoms with E-state index >= 15 is 0 Å². The first kappa shape index (κ1) is 22.2. The molecule has 0 bridgehead atoms. The SMILES string of the molecule is CO[C@@H]1COCC1N(C)c1cc2c(cn1)c(-c1cc(C(F)(F)F)c(F)c(O)c1F)nn2C. The smallest absolute Gasteiger partial charge is 0.419 e. The number of benzene rings is 1. The monoisotopic (exact) mass is 458 g/mol. The minimum Gasteiger partial charge on any atom is -0.503 e. The van der Waals surface area contributed by atoms with Gasteiger partial charge in [0.2, 0.25) is 0 Å². The summed E-state index contributed by atoms with van der Waals surface area (Å²) in [7, 11) is 4.90. The van der Waals surface area contributed by atoms with Gasteiger partial charge in [0.25, 0.3) is 0 Å². The molecule has 2 aromatic heterocycles. The fraction of sp³-hybridized carbons (Fsp3) is 0.400. The molecule has 4 rings (SSSR count). The van der Waals surface area contributed by atoms with Gasteiger partial charge in [-0.3, -0.25) is 4.68 Å². The molecular weight excluding hydrogens is 439 g/mol. The molecule has 1 aliphatic rings. The second kappa shape index (κ2) is 7.85. The number of fused-ring (bicyclic) bond motifs is 1. The molecule has 1 N–H and O–H groups in total. The largest absolute Gasteiger partial charge is 0.503 e. The van der Waals surface area contributed by atoms with Crippen LogP contribution in [0.15, 0.2) is 18.3 Å². The number of ether oxygens (including phenoxy) is 2. The first-order valence-electron chi connectivity index (χ1n) is 9.49. The second-order valence-electron chi connectivity index (χ2n) is 7.47. The van der Waals surface area contributed by atoms with Gasteiger partial charge in [-0.1, -0.05) is 0 Å². The van der Waals surface area contributed by atoms with E-state index in [1.807, 2.05) is 4.90 Å². The lowest BCUT2D eigenvalue weighted by Gasteiger charge is -2.28. The molecule has 172 valence electrons. The van der Waals surface area contributed by atoms with E-state index < -0.39 is 34.7 Å². The number of likely N-dealkylation sites (N-methyl/N-ethyl adjacent to an activating group) is 1. The topological polar surface area (TPSA) is 72.6 Å². The normalized spacial score (nSPS) is 19.1. The van der Waals surface area contributed by atoms with Crippen LogP contribution < -0.4 is 4.90 Å². The number of methoxy groups -OCH3 is 1. The Morgan fingerprint density at radius 3 is 2.59 bits per heavy atom. The molecule has 0 amide bonds. The van der Waals surface area contributed by atoms with Gasteiger partial charge >= 0.3 is 6.18 Å². The van der Waals surface area contributed by atoms with Crippen LogP contribution in [0.1, 0.15) is 5.56 Å². The molecule has 1 saturated heterocycles. The lowest BCUT2D eigenvalue weighted by atomic mass is 10.0. The number of hydrogen-bond acceptors (Lipinski definition) is 6. The predicted octanol–water partition coefficient (Wildman–Crippen LogP) is 3.49. The summed E-state index contributed by atoms with van der Waals surface area (Å²) in [6.07, 6.45) is -3.96. The van der Waals surface area contributed by atoms with Gasteiger partial charge in [-0.15, -0.1) is 0 Å². The number of alkyl halides is 3. The van der Waals surface area contributed by atoms with Crippen molar-refractivity contribution < 1.29 is 36.5 Å². The van der Waals surface area contributed by atoms with Gasteiger partial charge in [-0.2, -0.15) is 18.3 Å². The Balaban J connectivity index is 1.82. The Morgan fingerprint density at radius 2 is 1.94 bits per heavy atom. The predicted molar refractivity (Wildman–Crippen MR) is 104 cm³/mol. The summed E-state index contributed by atoms with van der Waals surface area (Å²) in [6, 6.07) is 1.83. The van der Waals surface area contributed by atoms with Crippen molar-refractivity contribution in [2.75, 3.05) is 32.3 Å². The first-order chi connectivity index (χ1) is 15.0. The minimum absolute atomic E-state index is 0.113. The number of phenols is 1. The van der Waals surface area contributed by atoms with Crippen LogP contribution in [0.25, 0.3) is 22.2 Å². The third-order valence-corrected chi connectivity index (χ3v) is 5.62. The summed E-state index contributed by atoms with van der Waals surface area (Å²) in [4.78, 5) is 6.19. The Kier molecular flexibility index (Phi) is 5.45. The van der Waals surface area contributed by atoms with Crippen molar-refractivity contribution in [3.63, 3.8) is 0 Å². The summed E-state index contributed by atoms with van der Waals surface area (Å²) >= 11 is 0. The molecule has 0 radical (unpaired) electrons. The maximum atomic E-state index is 14.6. The Hall–Kier alpha value is -2.99. The molecular formula is C20H19F5N4O3.